The molecule has 3 fully saturated rings. The highest BCUT2D eigenvalue weighted by atomic mass is 16.6. The third kappa shape index (κ3) is 3.85. The fourth-order valence-electron chi connectivity index (χ4n) is 6.21. The van der Waals surface area contributed by atoms with Crippen molar-refractivity contribution in [3.05, 3.63) is 88.6 Å². The fourth-order valence-corrected chi connectivity index (χ4v) is 6.21. The van der Waals surface area contributed by atoms with Gasteiger partial charge in [0, 0.05) is 48.0 Å². The van der Waals surface area contributed by atoms with Crippen molar-refractivity contribution < 1.29 is 19.2 Å². The van der Waals surface area contributed by atoms with Crippen molar-refractivity contribution in [2.45, 2.75) is 31.5 Å². The van der Waals surface area contributed by atoms with Crippen LogP contribution in [0.15, 0.2) is 67.4 Å². The highest BCUT2D eigenvalue weighted by Gasteiger charge is 2.54. The summed E-state index contributed by atoms with van der Waals surface area (Å²) in [5, 5.41) is 23.9. The summed E-state index contributed by atoms with van der Waals surface area (Å²) in [6.07, 6.45) is 5.18. The van der Waals surface area contributed by atoms with Crippen molar-refractivity contribution in [2.24, 2.45) is 11.8 Å². The molecule has 2 bridgehead atoms. The summed E-state index contributed by atoms with van der Waals surface area (Å²) in [5.74, 6) is 1.65. The van der Waals surface area contributed by atoms with E-state index < -0.39 is 6.10 Å². The van der Waals surface area contributed by atoms with Crippen molar-refractivity contribution in [3.63, 3.8) is 0 Å². The molecule has 3 aliphatic heterocycles. The van der Waals surface area contributed by atoms with Crippen LogP contribution in [-0.4, -0.2) is 45.7 Å². The van der Waals surface area contributed by atoms with E-state index >= 15 is 0 Å². The zero-order chi connectivity index (χ0) is 23.9. The number of rotatable bonds is 7. The van der Waals surface area contributed by atoms with Crippen LogP contribution in [0.3, 0.4) is 0 Å². The Morgan fingerprint density at radius 2 is 2.09 bits per heavy atom. The number of fused-ring (bicyclic) bond motifs is 4. The molecule has 2 aromatic carbocycles. The average molecular weight is 461 g/mol. The van der Waals surface area contributed by atoms with Gasteiger partial charge in [0.05, 0.1) is 30.6 Å². The largest absolute Gasteiger partial charge is 0.497 e. The molecule has 0 spiro atoms. The monoisotopic (exact) mass is 460 g/mol. The first-order valence-electron chi connectivity index (χ1n) is 11.8. The lowest BCUT2D eigenvalue weighted by Gasteiger charge is -2.58. The summed E-state index contributed by atoms with van der Waals surface area (Å²) in [6, 6.07) is 14.5. The molecule has 0 unspecified atom stereocenters. The van der Waals surface area contributed by atoms with E-state index in [1.165, 1.54) is 0 Å². The van der Waals surface area contributed by atoms with Crippen molar-refractivity contribution in [3.8, 4) is 5.75 Å². The Balaban J connectivity index is 1.53. The van der Waals surface area contributed by atoms with Crippen molar-refractivity contribution >= 4 is 16.6 Å². The van der Waals surface area contributed by atoms with E-state index in [4.69, 9.17) is 4.74 Å². The Morgan fingerprint density at radius 1 is 1.29 bits per heavy atom. The molecule has 6 rings (SSSR count). The molecule has 34 heavy (non-hydrogen) atoms. The van der Waals surface area contributed by atoms with Gasteiger partial charge in [0.2, 0.25) is 0 Å². The molecule has 0 aliphatic carbocycles. The van der Waals surface area contributed by atoms with Gasteiger partial charge < -0.3 is 14.3 Å². The number of benzene rings is 2. The topological polar surface area (TPSA) is 85.5 Å². The van der Waals surface area contributed by atoms with Gasteiger partial charge >= 0.3 is 0 Å². The van der Waals surface area contributed by atoms with Crippen LogP contribution in [0.2, 0.25) is 0 Å². The molecule has 176 valence electrons. The first-order chi connectivity index (χ1) is 16.4. The van der Waals surface area contributed by atoms with E-state index in [-0.39, 0.29) is 16.7 Å². The molecule has 7 heteroatoms. The Hall–Kier alpha value is -3.29. The number of nitro benzene ring substituents is 1. The number of ether oxygens (including phenoxy) is 1. The van der Waals surface area contributed by atoms with Crippen molar-refractivity contribution in [1.29, 1.82) is 0 Å². The van der Waals surface area contributed by atoms with Gasteiger partial charge in [-0.15, -0.1) is 6.58 Å². The number of aliphatic hydroxyl groups is 1. The molecule has 0 radical (unpaired) electrons. The summed E-state index contributed by atoms with van der Waals surface area (Å²) >= 11 is 0. The van der Waals surface area contributed by atoms with Crippen LogP contribution in [-0.2, 0) is 6.54 Å². The number of non-ortho nitro benzene ring substituents is 1. The molecule has 5 atom stereocenters. The number of pyridine rings is 1. The normalized spacial score (nSPS) is 26.8. The van der Waals surface area contributed by atoms with E-state index in [9.17, 15) is 15.2 Å². The molecule has 3 aliphatic rings. The highest BCUT2D eigenvalue weighted by Crippen LogP contribution is 2.48. The maximum absolute atomic E-state index is 11.8. The number of aromatic nitrogens is 1. The molecule has 3 saturated heterocycles. The summed E-state index contributed by atoms with van der Waals surface area (Å²) in [5.41, 5.74) is 2.85. The van der Waals surface area contributed by atoms with Gasteiger partial charge in [-0.05, 0) is 47.9 Å². The quantitative estimate of drug-likeness (QED) is 0.237. The molecule has 4 heterocycles. The second-order valence-electron chi connectivity index (χ2n) is 9.69. The minimum atomic E-state index is -0.663. The molecule has 1 N–H and O–H groups in total. The van der Waals surface area contributed by atoms with E-state index in [0.29, 0.717) is 11.8 Å². The zero-order valence-electron chi connectivity index (χ0n) is 19.3. The number of nitrogens with zero attached hydrogens (tertiary/aromatic N) is 3. The Morgan fingerprint density at radius 3 is 2.79 bits per heavy atom. The number of hydrogen-bond donors (Lipinski definition) is 1. The lowest BCUT2D eigenvalue weighted by molar-refractivity contribution is -0.984. The Kier molecular flexibility index (Phi) is 5.83. The molecular formula is C27H30N3O4+. The number of piperidine rings is 3. The number of aliphatic hydroxyl groups excluding tert-OH is 1. The predicted octanol–water partition coefficient (Wildman–Crippen LogP) is 4.80. The van der Waals surface area contributed by atoms with Gasteiger partial charge in [0.25, 0.3) is 5.69 Å². The second kappa shape index (κ2) is 8.81. The van der Waals surface area contributed by atoms with Crippen LogP contribution in [0.1, 0.15) is 30.1 Å². The van der Waals surface area contributed by atoms with Crippen LogP contribution in [0.4, 0.5) is 5.69 Å². The predicted molar refractivity (Wildman–Crippen MR) is 130 cm³/mol. The van der Waals surface area contributed by atoms with E-state index in [1.54, 1.807) is 25.4 Å². The summed E-state index contributed by atoms with van der Waals surface area (Å²) in [7, 11) is 1.64. The first kappa shape index (κ1) is 22.5. The molecule has 0 saturated carbocycles. The third-order valence-electron chi connectivity index (χ3n) is 7.99. The molecule has 0 amide bonds. The summed E-state index contributed by atoms with van der Waals surface area (Å²) in [6.45, 7) is 6.70. The van der Waals surface area contributed by atoms with Crippen LogP contribution in [0, 0.1) is 22.0 Å². The number of quaternary nitrogens is 1. The number of nitro groups is 1. The highest BCUT2D eigenvalue weighted by molar-refractivity contribution is 5.83. The van der Waals surface area contributed by atoms with Crippen molar-refractivity contribution in [2.75, 3.05) is 20.2 Å². The van der Waals surface area contributed by atoms with Gasteiger partial charge in [-0.3, -0.25) is 15.1 Å². The maximum Gasteiger partial charge on any atom is 0.269 e. The number of methoxy groups -OCH3 is 1. The zero-order valence-corrected chi connectivity index (χ0v) is 19.3. The maximum atomic E-state index is 11.8. The number of hydrogen-bond acceptors (Lipinski definition) is 5. The Bertz CT molecular complexity index is 1230. The molecule has 7 nitrogen and oxygen atoms in total. The van der Waals surface area contributed by atoms with Crippen molar-refractivity contribution in [1.82, 2.24) is 4.98 Å². The van der Waals surface area contributed by atoms with Gasteiger partial charge in [0.15, 0.2) is 0 Å². The molecular weight excluding hydrogens is 430 g/mol. The minimum Gasteiger partial charge on any atom is -0.497 e. The smallest absolute Gasteiger partial charge is 0.269 e. The minimum absolute atomic E-state index is 0.0157. The van der Waals surface area contributed by atoms with Crippen LogP contribution in [0.25, 0.3) is 10.9 Å². The Labute approximate surface area is 199 Å². The van der Waals surface area contributed by atoms with Crippen LogP contribution in [0.5, 0.6) is 5.75 Å². The van der Waals surface area contributed by atoms with Gasteiger partial charge in [0.1, 0.15) is 24.4 Å². The first-order valence-corrected chi connectivity index (χ1v) is 11.8. The SMILES string of the molecule is C=C[C@@H]1C[N@+]2(Cc3ccc([N+](=O)[O-])cc3)CC[C@H]1C[C@@H]2[C@@H](O)c1ccnc2ccc(OC)cc12. The fraction of sp³-hybridized carbons (Fsp3) is 0.370. The lowest BCUT2D eigenvalue weighted by Crippen LogP contribution is -2.67. The van der Waals surface area contributed by atoms with E-state index in [0.717, 1.165) is 64.7 Å². The molecule has 1 aromatic heterocycles. The van der Waals surface area contributed by atoms with Gasteiger partial charge in [-0.1, -0.05) is 6.08 Å². The van der Waals surface area contributed by atoms with E-state index in [1.807, 2.05) is 36.4 Å². The van der Waals surface area contributed by atoms with Crippen LogP contribution >= 0.6 is 0 Å². The van der Waals surface area contributed by atoms with E-state index in [2.05, 4.69) is 17.6 Å². The summed E-state index contributed by atoms with van der Waals surface area (Å²) < 4.78 is 6.18. The van der Waals surface area contributed by atoms with Crippen LogP contribution < -0.4 is 4.74 Å². The standard InChI is InChI=1S/C27H30N3O4/c1-3-19-17-30(16-18-4-6-21(7-5-18)29(32)33)13-11-20(19)14-26(30)27(31)23-10-12-28-25-9-8-22(34-2)15-24(23)25/h3-10,12,15,19-20,26-27,31H,1,11,13-14,16-17H2,2H3/q+1/t19-,20+,26-,27+,30-/m1/s1. The van der Waals surface area contributed by atoms with Gasteiger partial charge in [-0.25, -0.2) is 0 Å². The lowest BCUT2D eigenvalue weighted by atomic mass is 9.71. The third-order valence-corrected chi connectivity index (χ3v) is 7.99. The average Bonchev–Trinajstić information content (AvgIpc) is 2.87. The summed E-state index contributed by atoms with van der Waals surface area (Å²) in [4.78, 5) is 15.2. The molecule has 3 aromatic rings. The van der Waals surface area contributed by atoms with Gasteiger partial charge in [-0.2, -0.15) is 0 Å². The second-order valence-corrected chi connectivity index (χ2v) is 9.69.